The molecule has 5 heteroatoms. The first-order chi connectivity index (χ1) is 12.6. The molecule has 1 aliphatic rings. The van der Waals surface area contributed by atoms with Gasteiger partial charge in [-0.2, -0.15) is 0 Å². The molecule has 4 rings (SSSR count). The summed E-state index contributed by atoms with van der Waals surface area (Å²) in [6.07, 6.45) is 0. The van der Waals surface area contributed by atoms with Gasteiger partial charge in [0.1, 0.15) is 5.82 Å². The van der Waals surface area contributed by atoms with Crippen LogP contribution in [0.3, 0.4) is 0 Å². The minimum absolute atomic E-state index is 0.232. The molecule has 0 aromatic heterocycles. The highest BCUT2D eigenvalue weighted by molar-refractivity contribution is 7.80. The molecule has 0 aliphatic carbocycles. The van der Waals surface area contributed by atoms with Crippen LogP contribution in [0.15, 0.2) is 84.9 Å². The number of rotatable bonds is 3. The van der Waals surface area contributed by atoms with E-state index in [0.717, 1.165) is 11.1 Å². The predicted molar refractivity (Wildman–Crippen MR) is 103 cm³/mol. The Morgan fingerprint density at radius 2 is 1.31 bits per heavy atom. The van der Waals surface area contributed by atoms with E-state index in [9.17, 15) is 9.18 Å². The highest BCUT2D eigenvalue weighted by atomic mass is 32.1. The second-order valence-corrected chi connectivity index (χ2v) is 6.40. The molecule has 0 spiro atoms. The lowest BCUT2D eigenvalue weighted by Gasteiger charge is -2.37. The molecule has 26 heavy (non-hydrogen) atoms. The summed E-state index contributed by atoms with van der Waals surface area (Å²) in [7, 11) is 0. The number of carbonyl (C=O) groups is 1. The minimum Gasteiger partial charge on any atom is -0.300 e. The topological polar surface area (TPSA) is 32.3 Å². The van der Waals surface area contributed by atoms with Crippen molar-refractivity contribution in [2.75, 3.05) is 4.90 Å². The van der Waals surface area contributed by atoms with E-state index in [1.165, 1.54) is 12.1 Å². The van der Waals surface area contributed by atoms with Crippen molar-refractivity contribution >= 4 is 28.9 Å². The zero-order chi connectivity index (χ0) is 18.1. The summed E-state index contributed by atoms with van der Waals surface area (Å²) >= 11 is 5.48. The number of nitrogens with zero attached hydrogens (tertiary/aromatic N) is 1. The molecule has 0 bridgehead atoms. The molecule has 0 unspecified atom stereocenters. The van der Waals surface area contributed by atoms with E-state index >= 15 is 0 Å². The van der Waals surface area contributed by atoms with Gasteiger partial charge < -0.3 is 0 Å². The molecule has 0 atom stereocenters. The van der Waals surface area contributed by atoms with Crippen molar-refractivity contribution in [3.05, 3.63) is 102 Å². The molecule has 3 nitrogen and oxygen atoms in total. The predicted octanol–water partition coefficient (Wildman–Crippen LogP) is 3.99. The smallest absolute Gasteiger partial charge is 0.261 e. The van der Waals surface area contributed by atoms with Crippen molar-refractivity contribution < 1.29 is 9.18 Å². The van der Waals surface area contributed by atoms with Crippen molar-refractivity contribution in [1.82, 2.24) is 5.32 Å². The number of carbonyl (C=O) groups excluding carboxylic acids is 1. The minimum atomic E-state index is -1.16. The third kappa shape index (κ3) is 2.40. The molecular formula is C21H15FN2OS. The summed E-state index contributed by atoms with van der Waals surface area (Å²) < 4.78 is 13.5. The number of benzene rings is 3. The van der Waals surface area contributed by atoms with Crippen LogP contribution in [-0.4, -0.2) is 11.0 Å². The van der Waals surface area contributed by atoms with E-state index in [2.05, 4.69) is 5.32 Å². The highest BCUT2D eigenvalue weighted by Gasteiger charge is 2.54. The van der Waals surface area contributed by atoms with Crippen molar-refractivity contribution in [2.24, 2.45) is 0 Å². The van der Waals surface area contributed by atoms with E-state index in [1.807, 2.05) is 60.7 Å². The molecule has 3 aromatic rings. The average molecular weight is 362 g/mol. The van der Waals surface area contributed by atoms with Gasteiger partial charge in [0, 0.05) is 5.69 Å². The van der Waals surface area contributed by atoms with Crippen LogP contribution in [0.2, 0.25) is 0 Å². The molecular weight excluding hydrogens is 347 g/mol. The zero-order valence-electron chi connectivity index (χ0n) is 13.7. The van der Waals surface area contributed by atoms with Crippen LogP contribution in [0.1, 0.15) is 11.1 Å². The summed E-state index contributed by atoms with van der Waals surface area (Å²) in [5.74, 6) is -0.576. The molecule has 3 aromatic carbocycles. The third-order valence-electron chi connectivity index (χ3n) is 4.56. The average Bonchev–Trinajstić information content (AvgIpc) is 2.95. The number of amides is 1. The summed E-state index contributed by atoms with van der Waals surface area (Å²) in [4.78, 5) is 15.0. The standard InChI is InChI=1S/C21H15FN2OS/c22-17-11-13-18(14-12-17)24-20(26)23-19(25)21(24,15-7-3-1-4-8-15)16-9-5-2-6-10-16/h1-14H,(H,23,25,26). The fourth-order valence-corrected chi connectivity index (χ4v) is 3.78. The molecule has 1 heterocycles. The Balaban J connectivity index is 2.03. The fraction of sp³-hybridized carbons (Fsp3) is 0.0476. The quantitative estimate of drug-likeness (QED) is 0.715. The van der Waals surface area contributed by atoms with Gasteiger partial charge in [0.15, 0.2) is 10.7 Å². The normalized spacial score (nSPS) is 15.8. The fourth-order valence-electron chi connectivity index (χ4n) is 3.44. The second-order valence-electron chi connectivity index (χ2n) is 6.01. The van der Waals surface area contributed by atoms with Gasteiger partial charge in [0.25, 0.3) is 5.91 Å². The summed E-state index contributed by atoms with van der Waals surface area (Å²) in [5, 5.41) is 3.08. The van der Waals surface area contributed by atoms with Crippen LogP contribution in [-0.2, 0) is 10.3 Å². The third-order valence-corrected chi connectivity index (χ3v) is 4.84. The van der Waals surface area contributed by atoms with Crippen LogP contribution in [0.25, 0.3) is 0 Å². The largest absolute Gasteiger partial charge is 0.300 e. The molecule has 128 valence electrons. The van der Waals surface area contributed by atoms with Gasteiger partial charge in [-0.15, -0.1) is 0 Å². The molecule has 1 N–H and O–H groups in total. The van der Waals surface area contributed by atoms with Crippen LogP contribution < -0.4 is 10.2 Å². The Hall–Kier alpha value is -3.05. The number of nitrogens with one attached hydrogen (secondary N) is 1. The zero-order valence-corrected chi connectivity index (χ0v) is 14.5. The number of anilines is 1. The first-order valence-corrected chi connectivity index (χ1v) is 8.57. The first kappa shape index (κ1) is 16.4. The summed E-state index contributed by atoms with van der Waals surface area (Å²) in [6, 6.07) is 24.9. The number of thiocarbonyl (C=S) groups is 1. The first-order valence-electron chi connectivity index (χ1n) is 8.16. The number of hydrogen-bond donors (Lipinski definition) is 1. The Bertz CT molecular complexity index is 919. The van der Waals surface area contributed by atoms with Crippen LogP contribution >= 0.6 is 12.2 Å². The van der Waals surface area contributed by atoms with E-state index in [0.29, 0.717) is 5.69 Å². The maximum absolute atomic E-state index is 13.5. The van der Waals surface area contributed by atoms with Crippen molar-refractivity contribution in [3.63, 3.8) is 0 Å². The highest BCUT2D eigenvalue weighted by Crippen LogP contribution is 2.42. The SMILES string of the molecule is O=C1NC(=S)N(c2ccc(F)cc2)C1(c1ccccc1)c1ccccc1. The Kier molecular flexibility index (Phi) is 4.01. The Labute approximate surface area is 156 Å². The maximum Gasteiger partial charge on any atom is 0.261 e. The van der Waals surface area contributed by atoms with E-state index in [1.54, 1.807) is 17.0 Å². The van der Waals surface area contributed by atoms with Crippen molar-refractivity contribution in [1.29, 1.82) is 0 Å². The number of hydrogen-bond acceptors (Lipinski definition) is 2. The lowest BCUT2D eigenvalue weighted by molar-refractivity contribution is -0.122. The number of halogens is 1. The molecule has 0 radical (unpaired) electrons. The Morgan fingerprint density at radius 3 is 1.81 bits per heavy atom. The molecule has 1 fully saturated rings. The van der Waals surface area contributed by atoms with Gasteiger partial charge in [0.2, 0.25) is 0 Å². The van der Waals surface area contributed by atoms with Gasteiger partial charge in [-0.25, -0.2) is 4.39 Å². The monoisotopic (exact) mass is 362 g/mol. The lowest BCUT2D eigenvalue weighted by atomic mass is 9.81. The van der Waals surface area contributed by atoms with Gasteiger partial charge in [-0.1, -0.05) is 60.7 Å². The molecule has 1 amide bonds. The van der Waals surface area contributed by atoms with Crippen LogP contribution in [0, 0.1) is 5.82 Å². The van der Waals surface area contributed by atoms with Gasteiger partial charge in [-0.3, -0.25) is 15.0 Å². The summed E-state index contributed by atoms with van der Waals surface area (Å²) in [5.41, 5.74) is 1.06. The van der Waals surface area contributed by atoms with Crippen LogP contribution in [0.4, 0.5) is 10.1 Å². The molecule has 1 aliphatic heterocycles. The van der Waals surface area contributed by atoms with E-state index in [4.69, 9.17) is 12.2 Å². The van der Waals surface area contributed by atoms with E-state index in [-0.39, 0.29) is 16.8 Å². The van der Waals surface area contributed by atoms with Gasteiger partial charge in [-0.05, 0) is 47.6 Å². The van der Waals surface area contributed by atoms with E-state index < -0.39 is 5.54 Å². The molecule has 1 saturated heterocycles. The molecule has 0 saturated carbocycles. The van der Waals surface area contributed by atoms with Crippen molar-refractivity contribution in [2.45, 2.75) is 5.54 Å². The Morgan fingerprint density at radius 1 is 0.808 bits per heavy atom. The summed E-state index contributed by atoms with van der Waals surface area (Å²) in [6.45, 7) is 0. The lowest BCUT2D eigenvalue weighted by Crippen LogP contribution is -2.48. The van der Waals surface area contributed by atoms with Crippen LogP contribution in [0.5, 0.6) is 0 Å². The second kappa shape index (κ2) is 6.35. The van der Waals surface area contributed by atoms with Gasteiger partial charge >= 0.3 is 0 Å². The van der Waals surface area contributed by atoms with Gasteiger partial charge in [0.05, 0.1) is 0 Å². The van der Waals surface area contributed by atoms with Crippen molar-refractivity contribution in [3.8, 4) is 0 Å². The maximum atomic E-state index is 13.5.